The highest BCUT2D eigenvalue weighted by atomic mass is 32.1. The van der Waals surface area contributed by atoms with E-state index in [1.807, 2.05) is 13.8 Å². The minimum atomic E-state index is -0.251. The van der Waals surface area contributed by atoms with Gasteiger partial charge in [-0.05, 0) is 51.2 Å². The molecular weight excluding hydrogens is 244 g/mol. The van der Waals surface area contributed by atoms with Crippen molar-refractivity contribution in [1.82, 2.24) is 4.98 Å². The molecule has 98 valence electrons. The summed E-state index contributed by atoms with van der Waals surface area (Å²) >= 11 is 5.10. The van der Waals surface area contributed by atoms with Crippen LogP contribution in [0.2, 0.25) is 0 Å². The highest BCUT2D eigenvalue weighted by Gasteiger charge is 2.23. The standard InChI is InChI=1S/C14H20N2OS/c1-4-14(2,3)17-13-10(12(15)18)8-9-6-5-7-11(9)16-13/h8H,4-7H2,1-3H3,(H2,15,18). The Kier molecular flexibility index (Phi) is 3.57. The highest BCUT2D eigenvalue weighted by molar-refractivity contribution is 7.80. The molecule has 2 N–H and O–H groups in total. The maximum atomic E-state index is 5.99. The molecule has 1 aromatic rings. The van der Waals surface area contributed by atoms with Crippen LogP contribution in [0, 0.1) is 0 Å². The second-order valence-electron chi connectivity index (χ2n) is 5.38. The van der Waals surface area contributed by atoms with Crippen LogP contribution in [0.1, 0.15) is 50.4 Å². The van der Waals surface area contributed by atoms with Gasteiger partial charge in [0.2, 0.25) is 5.88 Å². The van der Waals surface area contributed by atoms with Crippen molar-refractivity contribution in [2.45, 2.75) is 52.1 Å². The van der Waals surface area contributed by atoms with E-state index in [9.17, 15) is 0 Å². The molecule has 1 heterocycles. The molecule has 0 aliphatic heterocycles. The fraction of sp³-hybridized carbons (Fsp3) is 0.571. The maximum absolute atomic E-state index is 5.99. The van der Waals surface area contributed by atoms with Gasteiger partial charge in [0.25, 0.3) is 0 Å². The van der Waals surface area contributed by atoms with Gasteiger partial charge in [-0.3, -0.25) is 0 Å². The van der Waals surface area contributed by atoms with Crippen LogP contribution in [0.25, 0.3) is 0 Å². The Bertz CT molecular complexity index is 483. The Morgan fingerprint density at radius 1 is 1.50 bits per heavy atom. The van der Waals surface area contributed by atoms with Gasteiger partial charge in [0, 0.05) is 5.69 Å². The summed E-state index contributed by atoms with van der Waals surface area (Å²) in [5.74, 6) is 0.593. The number of pyridine rings is 1. The molecule has 0 fully saturated rings. The van der Waals surface area contributed by atoms with Crippen LogP contribution in [0.3, 0.4) is 0 Å². The summed E-state index contributed by atoms with van der Waals surface area (Å²) in [6.07, 6.45) is 4.15. The minimum absolute atomic E-state index is 0.251. The third-order valence-electron chi connectivity index (χ3n) is 3.51. The first-order valence-corrected chi connectivity index (χ1v) is 6.85. The molecule has 1 aliphatic rings. The number of hydrogen-bond donors (Lipinski definition) is 1. The summed E-state index contributed by atoms with van der Waals surface area (Å²) in [5, 5.41) is 0. The third-order valence-corrected chi connectivity index (χ3v) is 3.73. The minimum Gasteiger partial charge on any atom is -0.471 e. The molecule has 0 saturated heterocycles. The SMILES string of the molecule is CCC(C)(C)Oc1nc2c(cc1C(N)=S)CCC2. The van der Waals surface area contributed by atoms with Crippen LogP contribution < -0.4 is 10.5 Å². The lowest BCUT2D eigenvalue weighted by atomic mass is 10.1. The number of nitrogens with zero attached hydrogens (tertiary/aromatic N) is 1. The van der Waals surface area contributed by atoms with Gasteiger partial charge in [-0.15, -0.1) is 0 Å². The molecule has 1 aliphatic carbocycles. The van der Waals surface area contributed by atoms with Crippen molar-refractivity contribution in [2.75, 3.05) is 0 Å². The van der Waals surface area contributed by atoms with E-state index in [-0.39, 0.29) is 5.60 Å². The van der Waals surface area contributed by atoms with Crippen LogP contribution in [0.5, 0.6) is 5.88 Å². The second-order valence-corrected chi connectivity index (χ2v) is 5.82. The van der Waals surface area contributed by atoms with Crippen LogP contribution in [-0.2, 0) is 12.8 Å². The van der Waals surface area contributed by atoms with E-state index >= 15 is 0 Å². The van der Waals surface area contributed by atoms with E-state index < -0.39 is 0 Å². The lowest BCUT2D eigenvalue weighted by molar-refractivity contribution is 0.0985. The molecular formula is C14H20N2OS. The summed E-state index contributed by atoms with van der Waals surface area (Å²) < 4.78 is 5.99. The van der Waals surface area contributed by atoms with Gasteiger partial charge in [-0.2, -0.15) is 0 Å². The largest absolute Gasteiger partial charge is 0.471 e. The Balaban J connectivity index is 2.42. The number of nitrogens with two attached hydrogens (primary N) is 1. The van der Waals surface area contributed by atoms with Crippen LogP contribution in [0.15, 0.2) is 6.07 Å². The van der Waals surface area contributed by atoms with Gasteiger partial charge in [0.05, 0.1) is 5.56 Å². The van der Waals surface area contributed by atoms with Crippen molar-refractivity contribution in [3.63, 3.8) is 0 Å². The molecule has 0 atom stereocenters. The van der Waals surface area contributed by atoms with E-state index in [1.54, 1.807) is 0 Å². The predicted octanol–water partition coefficient (Wildman–Crippen LogP) is 2.77. The molecule has 3 nitrogen and oxygen atoms in total. The zero-order valence-electron chi connectivity index (χ0n) is 11.2. The Labute approximate surface area is 114 Å². The first-order valence-electron chi connectivity index (χ1n) is 6.44. The fourth-order valence-electron chi connectivity index (χ4n) is 2.04. The first-order chi connectivity index (χ1) is 8.43. The second kappa shape index (κ2) is 4.84. The van der Waals surface area contributed by atoms with E-state index in [2.05, 4.69) is 18.0 Å². The maximum Gasteiger partial charge on any atom is 0.224 e. The van der Waals surface area contributed by atoms with E-state index in [4.69, 9.17) is 22.7 Å². The summed E-state index contributed by atoms with van der Waals surface area (Å²) in [5.41, 5.74) is 8.70. The van der Waals surface area contributed by atoms with Gasteiger partial charge in [-0.25, -0.2) is 4.98 Å². The fourth-order valence-corrected chi connectivity index (χ4v) is 2.19. The lowest BCUT2D eigenvalue weighted by Gasteiger charge is -2.25. The molecule has 0 spiro atoms. The summed E-state index contributed by atoms with van der Waals surface area (Å²) in [7, 11) is 0. The average Bonchev–Trinajstić information content (AvgIpc) is 2.74. The van der Waals surface area contributed by atoms with Crippen LogP contribution in [0.4, 0.5) is 0 Å². The summed E-state index contributed by atoms with van der Waals surface area (Å²) in [6.45, 7) is 6.18. The van der Waals surface area contributed by atoms with Gasteiger partial charge in [0.1, 0.15) is 10.6 Å². The Morgan fingerprint density at radius 2 is 2.22 bits per heavy atom. The summed E-state index contributed by atoms with van der Waals surface area (Å²) in [4.78, 5) is 4.98. The van der Waals surface area contributed by atoms with Crippen molar-refractivity contribution in [3.05, 3.63) is 22.9 Å². The van der Waals surface area contributed by atoms with Gasteiger partial charge in [0.15, 0.2) is 0 Å². The predicted molar refractivity (Wildman–Crippen MR) is 77.1 cm³/mol. The zero-order valence-corrected chi connectivity index (χ0v) is 12.1. The molecule has 0 radical (unpaired) electrons. The highest BCUT2D eigenvalue weighted by Crippen LogP contribution is 2.29. The van der Waals surface area contributed by atoms with Gasteiger partial charge >= 0.3 is 0 Å². The number of aromatic nitrogens is 1. The molecule has 0 saturated carbocycles. The Hall–Kier alpha value is -1.16. The van der Waals surface area contributed by atoms with Gasteiger partial charge < -0.3 is 10.5 Å². The van der Waals surface area contributed by atoms with Crippen molar-refractivity contribution < 1.29 is 4.74 Å². The molecule has 0 bridgehead atoms. The molecule has 0 amide bonds. The van der Waals surface area contributed by atoms with Crippen molar-refractivity contribution in [2.24, 2.45) is 5.73 Å². The number of thiocarbonyl (C=S) groups is 1. The number of ether oxygens (including phenoxy) is 1. The molecule has 1 aromatic heterocycles. The number of fused-ring (bicyclic) bond motifs is 1. The van der Waals surface area contributed by atoms with E-state index in [1.165, 1.54) is 5.56 Å². The first kappa shape index (κ1) is 13.3. The Morgan fingerprint density at radius 3 is 2.83 bits per heavy atom. The molecule has 18 heavy (non-hydrogen) atoms. The summed E-state index contributed by atoms with van der Waals surface area (Å²) in [6, 6.07) is 2.05. The van der Waals surface area contributed by atoms with Gasteiger partial charge in [-0.1, -0.05) is 19.1 Å². The van der Waals surface area contributed by atoms with Crippen LogP contribution >= 0.6 is 12.2 Å². The molecule has 0 unspecified atom stereocenters. The normalized spacial score (nSPS) is 14.4. The molecule has 4 heteroatoms. The van der Waals surface area contributed by atoms with Crippen molar-refractivity contribution in [1.29, 1.82) is 0 Å². The lowest BCUT2D eigenvalue weighted by Crippen LogP contribution is -2.29. The third kappa shape index (κ3) is 2.64. The molecule has 2 rings (SSSR count). The number of rotatable bonds is 4. The van der Waals surface area contributed by atoms with Crippen molar-refractivity contribution >= 4 is 17.2 Å². The number of hydrogen-bond acceptors (Lipinski definition) is 3. The van der Waals surface area contributed by atoms with Crippen LogP contribution in [-0.4, -0.2) is 15.6 Å². The smallest absolute Gasteiger partial charge is 0.224 e. The van der Waals surface area contributed by atoms with E-state index in [0.717, 1.165) is 36.9 Å². The molecule has 0 aromatic carbocycles. The zero-order chi connectivity index (χ0) is 13.3. The van der Waals surface area contributed by atoms with Crippen molar-refractivity contribution in [3.8, 4) is 5.88 Å². The monoisotopic (exact) mass is 264 g/mol. The quantitative estimate of drug-likeness (QED) is 0.850. The van der Waals surface area contributed by atoms with E-state index in [0.29, 0.717) is 10.9 Å². The number of aryl methyl sites for hydroxylation is 2. The topological polar surface area (TPSA) is 48.1 Å². The average molecular weight is 264 g/mol.